The zero-order chi connectivity index (χ0) is 16.1. The third-order valence-corrected chi connectivity index (χ3v) is 4.18. The molecule has 0 spiro atoms. The van der Waals surface area contributed by atoms with Gasteiger partial charge in [0.2, 0.25) is 5.91 Å². The molecule has 2 rings (SSSR count). The highest BCUT2D eigenvalue weighted by molar-refractivity contribution is 6.43. The van der Waals surface area contributed by atoms with Crippen LogP contribution >= 0.6 is 23.2 Å². The standard InChI is InChI=1S/C17H18Cl2N2O/c1-11-5-3-6-12(2)17(11)21-15(22)9-10-20-14-8-4-7-13(18)16(14)19/h3-8,20H,9-10H2,1-2H3,(H,21,22). The first-order valence-corrected chi connectivity index (χ1v) is 7.78. The molecule has 0 heterocycles. The first-order valence-electron chi connectivity index (χ1n) is 7.03. The van der Waals surface area contributed by atoms with Gasteiger partial charge >= 0.3 is 0 Å². The number of hydrogen-bond donors (Lipinski definition) is 2. The predicted octanol–water partition coefficient (Wildman–Crippen LogP) is 5.05. The molecule has 0 radical (unpaired) electrons. The largest absolute Gasteiger partial charge is 0.383 e. The summed E-state index contributed by atoms with van der Waals surface area (Å²) in [6.07, 6.45) is 0.344. The number of nitrogens with one attached hydrogen (secondary N) is 2. The Labute approximate surface area is 140 Å². The Hall–Kier alpha value is -1.71. The van der Waals surface area contributed by atoms with Crippen molar-refractivity contribution < 1.29 is 4.79 Å². The predicted molar refractivity (Wildman–Crippen MR) is 94.1 cm³/mol. The van der Waals surface area contributed by atoms with E-state index in [1.54, 1.807) is 6.07 Å². The fraction of sp³-hybridized carbons (Fsp3) is 0.235. The van der Waals surface area contributed by atoms with Crippen LogP contribution < -0.4 is 10.6 Å². The van der Waals surface area contributed by atoms with Gasteiger partial charge in [0, 0.05) is 18.7 Å². The van der Waals surface area contributed by atoms with Crippen LogP contribution in [0.5, 0.6) is 0 Å². The molecule has 0 saturated heterocycles. The van der Waals surface area contributed by atoms with Crippen molar-refractivity contribution in [3.05, 3.63) is 57.6 Å². The molecule has 0 aromatic heterocycles. The van der Waals surface area contributed by atoms with Gasteiger partial charge in [-0.25, -0.2) is 0 Å². The minimum Gasteiger partial charge on any atom is -0.383 e. The van der Waals surface area contributed by atoms with Crippen molar-refractivity contribution in [3.63, 3.8) is 0 Å². The summed E-state index contributed by atoms with van der Waals surface area (Å²) in [5.74, 6) is -0.0388. The number of rotatable bonds is 5. The molecule has 0 atom stereocenters. The molecular weight excluding hydrogens is 319 g/mol. The molecule has 0 aliphatic rings. The van der Waals surface area contributed by atoms with Crippen molar-refractivity contribution in [3.8, 4) is 0 Å². The van der Waals surface area contributed by atoms with Crippen molar-refractivity contribution >= 4 is 40.5 Å². The summed E-state index contributed by atoms with van der Waals surface area (Å²) in [4.78, 5) is 12.0. The average Bonchev–Trinajstić information content (AvgIpc) is 2.47. The van der Waals surface area contributed by atoms with Crippen molar-refractivity contribution in [1.29, 1.82) is 0 Å². The highest BCUT2D eigenvalue weighted by Gasteiger charge is 2.08. The molecule has 0 aliphatic carbocycles. The van der Waals surface area contributed by atoms with Gasteiger partial charge in [0.05, 0.1) is 15.7 Å². The van der Waals surface area contributed by atoms with Crippen LogP contribution in [0.4, 0.5) is 11.4 Å². The number of amides is 1. The molecule has 0 saturated carbocycles. The van der Waals surface area contributed by atoms with Crippen LogP contribution in [0.3, 0.4) is 0 Å². The summed E-state index contributed by atoms with van der Waals surface area (Å²) in [6, 6.07) is 11.3. The van der Waals surface area contributed by atoms with Gasteiger partial charge in [-0.3, -0.25) is 4.79 Å². The number of carbonyl (C=O) groups excluding carboxylic acids is 1. The van der Waals surface area contributed by atoms with Crippen molar-refractivity contribution in [2.45, 2.75) is 20.3 Å². The van der Waals surface area contributed by atoms with Gasteiger partial charge in [0.1, 0.15) is 0 Å². The van der Waals surface area contributed by atoms with Crippen molar-refractivity contribution in [2.75, 3.05) is 17.2 Å². The molecule has 2 aromatic carbocycles. The fourth-order valence-corrected chi connectivity index (χ4v) is 2.53. The lowest BCUT2D eigenvalue weighted by atomic mass is 10.1. The van der Waals surface area contributed by atoms with Gasteiger partial charge in [-0.1, -0.05) is 47.5 Å². The first kappa shape index (κ1) is 16.7. The number of benzene rings is 2. The lowest BCUT2D eigenvalue weighted by molar-refractivity contribution is -0.115. The Balaban J connectivity index is 1.90. The molecule has 0 bridgehead atoms. The Kier molecular flexibility index (Phi) is 5.69. The lowest BCUT2D eigenvalue weighted by Gasteiger charge is -2.12. The average molecular weight is 337 g/mol. The maximum Gasteiger partial charge on any atom is 0.226 e. The Morgan fingerprint density at radius 1 is 1.05 bits per heavy atom. The van der Waals surface area contributed by atoms with E-state index in [9.17, 15) is 4.79 Å². The van der Waals surface area contributed by atoms with E-state index in [4.69, 9.17) is 23.2 Å². The van der Waals surface area contributed by atoms with E-state index >= 15 is 0 Å². The second kappa shape index (κ2) is 7.52. The van der Waals surface area contributed by atoms with E-state index in [0.29, 0.717) is 23.0 Å². The minimum absolute atomic E-state index is 0.0388. The molecule has 2 aromatic rings. The van der Waals surface area contributed by atoms with E-state index in [1.807, 2.05) is 44.2 Å². The van der Waals surface area contributed by atoms with E-state index in [0.717, 1.165) is 22.5 Å². The third-order valence-electron chi connectivity index (χ3n) is 3.36. The number of carbonyl (C=O) groups is 1. The van der Waals surface area contributed by atoms with E-state index in [1.165, 1.54) is 0 Å². The summed E-state index contributed by atoms with van der Waals surface area (Å²) in [6.45, 7) is 4.44. The fourth-order valence-electron chi connectivity index (χ4n) is 2.16. The number of hydrogen-bond acceptors (Lipinski definition) is 2. The maximum absolute atomic E-state index is 12.0. The molecule has 5 heteroatoms. The van der Waals surface area contributed by atoms with Crippen molar-refractivity contribution in [2.24, 2.45) is 0 Å². The molecule has 3 nitrogen and oxygen atoms in total. The quantitative estimate of drug-likeness (QED) is 0.801. The van der Waals surface area contributed by atoms with E-state index in [-0.39, 0.29) is 5.91 Å². The molecule has 2 N–H and O–H groups in total. The Morgan fingerprint density at radius 3 is 2.36 bits per heavy atom. The van der Waals surface area contributed by atoms with Crippen LogP contribution in [-0.4, -0.2) is 12.5 Å². The van der Waals surface area contributed by atoms with Crippen molar-refractivity contribution in [1.82, 2.24) is 0 Å². The Morgan fingerprint density at radius 2 is 1.68 bits per heavy atom. The third kappa shape index (κ3) is 4.15. The molecule has 0 aliphatic heterocycles. The number of anilines is 2. The van der Waals surface area contributed by atoms with E-state index in [2.05, 4.69) is 10.6 Å². The molecule has 116 valence electrons. The first-order chi connectivity index (χ1) is 10.5. The second-order valence-electron chi connectivity index (χ2n) is 5.09. The normalized spacial score (nSPS) is 10.4. The monoisotopic (exact) mass is 336 g/mol. The highest BCUT2D eigenvalue weighted by Crippen LogP contribution is 2.29. The Bertz CT molecular complexity index is 666. The summed E-state index contributed by atoms with van der Waals surface area (Å²) in [5.41, 5.74) is 3.72. The van der Waals surface area contributed by atoms with Gasteiger partial charge in [0.25, 0.3) is 0 Å². The molecule has 0 unspecified atom stereocenters. The highest BCUT2D eigenvalue weighted by atomic mass is 35.5. The number of aryl methyl sites for hydroxylation is 2. The molecule has 1 amide bonds. The second-order valence-corrected chi connectivity index (χ2v) is 5.88. The summed E-state index contributed by atoms with van der Waals surface area (Å²) < 4.78 is 0. The van der Waals surface area contributed by atoms with Crippen LogP contribution in [0.15, 0.2) is 36.4 Å². The van der Waals surface area contributed by atoms with Gasteiger partial charge in [-0.2, -0.15) is 0 Å². The SMILES string of the molecule is Cc1cccc(C)c1NC(=O)CCNc1cccc(Cl)c1Cl. The summed E-state index contributed by atoms with van der Waals surface area (Å²) in [5, 5.41) is 7.04. The number of halogens is 2. The zero-order valence-corrected chi connectivity index (χ0v) is 14.1. The van der Waals surface area contributed by atoms with Gasteiger partial charge in [-0.15, -0.1) is 0 Å². The van der Waals surface area contributed by atoms with Crippen LogP contribution in [-0.2, 0) is 4.79 Å². The summed E-state index contributed by atoms with van der Waals surface area (Å²) in [7, 11) is 0. The molecule has 0 fully saturated rings. The van der Waals surface area contributed by atoms with Gasteiger partial charge < -0.3 is 10.6 Å². The molecule has 22 heavy (non-hydrogen) atoms. The summed E-state index contributed by atoms with van der Waals surface area (Å²) >= 11 is 12.0. The van der Waals surface area contributed by atoms with Crippen LogP contribution in [0.1, 0.15) is 17.5 Å². The maximum atomic E-state index is 12.0. The van der Waals surface area contributed by atoms with Gasteiger partial charge in [-0.05, 0) is 37.1 Å². The minimum atomic E-state index is -0.0388. The van der Waals surface area contributed by atoms with E-state index < -0.39 is 0 Å². The zero-order valence-electron chi connectivity index (χ0n) is 12.5. The topological polar surface area (TPSA) is 41.1 Å². The van der Waals surface area contributed by atoms with Crippen LogP contribution in [0.2, 0.25) is 10.0 Å². The smallest absolute Gasteiger partial charge is 0.226 e. The lowest BCUT2D eigenvalue weighted by Crippen LogP contribution is -2.17. The molecular formula is C17H18Cl2N2O. The number of para-hydroxylation sites is 1. The van der Waals surface area contributed by atoms with Gasteiger partial charge in [0.15, 0.2) is 0 Å². The van der Waals surface area contributed by atoms with Crippen LogP contribution in [0, 0.1) is 13.8 Å². The van der Waals surface area contributed by atoms with Crippen LogP contribution in [0.25, 0.3) is 0 Å².